The maximum Gasteiger partial charge on any atom is 0.337 e. The Morgan fingerprint density at radius 3 is 1.93 bits per heavy atom. The van der Waals surface area contributed by atoms with Crippen LogP contribution in [0.1, 0.15) is 36.6 Å². The smallest absolute Gasteiger partial charge is 0.337 e. The molecule has 27 heavy (non-hydrogen) atoms. The highest BCUT2D eigenvalue weighted by molar-refractivity contribution is 6.15. The molecule has 0 radical (unpaired) electrons. The molecule has 1 N–H and O–H groups in total. The summed E-state index contributed by atoms with van der Waals surface area (Å²) in [6.45, 7) is 0. The molecule has 0 saturated heterocycles. The average molecular weight is 364 g/mol. The number of carbonyl (C=O) groups is 3. The molecule has 136 valence electrons. The van der Waals surface area contributed by atoms with Crippen LogP contribution < -0.4 is 0 Å². The van der Waals surface area contributed by atoms with Crippen molar-refractivity contribution in [2.24, 2.45) is 0 Å². The van der Waals surface area contributed by atoms with Crippen molar-refractivity contribution in [2.75, 3.05) is 14.2 Å². The molecular weight excluding hydrogens is 348 g/mol. The zero-order chi connectivity index (χ0) is 19.6. The number of aromatic hydroxyl groups is 1. The van der Waals surface area contributed by atoms with Crippen LogP contribution >= 0.6 is 0 Å². The van der Waals surface area contributed by atoms with Crippen molar-refractivity contribution < 1.29 is 29.0 Å². The number of esters is 2. The highest BCUT2D eigenvalue weighted by Crippen LogP contribution is 2.30. The summed E-state index contributed by atoms with van der Waals surface area (Å²) in [4.78, 5) is 36.8. The van der Waals surface area contributed by atoms with Crippen LogP contribution in [0.5, 0.6) is 5.75 Å². The van der Waals surface area contributed by atoms with Gasteiger partial charge >= 0.3 is 11.9 Å². The quantitative estimate of drug-likeness (QED) is 0.564. The first-order chi connectivity index (χ1) is 13.0. The largest absolute Gasteiger partial charge is 0.507 e. The van der Waals surface area contributed by atoms with Gasteiger partial charge in [-0.1, -0.05) is 30.3 Å². The van der Waals surface area contributed by atoms with Crippen molar-refractivity contribution in [1.29, 1.82) is 0 Å². The van der Waals surface area contributed by atoms with Gasteiger partial charge in [0.1, 0.15) is 5.75 Å². The first-order valence-corrected chi connectivity index (χ1v) is 8.03. The normalized spacial score (nSPS) is 10.4. The molecule has 3 aromatic carbocycles. The molecule has 0 fully saturated rings. The summed E-state index contributed by atoms with van der Waals surface area (Å²) in [5.74, 6) is -2.09. The second-order valence-electron chi connectivity index (χ2n) is 5.79. The van der Waals surface area contributed by atoms with Crippen LogP contribution in [0.2, 0.25) is 0 Å². The van der Waals surface area contributed by atoms with Gasteiger partial charge in [0.2, 0.25) is 0 Å². The standard InChI is InChI=1S/C21H16O6/c1-26-20(24)14-9-13(10-15(11-14)21(25)27-2)18(22)17-8-7-12-5-3-4-6-16(12)19(17)23/h3-11,23H,1-2H3. The number of phenols is 1. The van der Waals surface area contributed by atoms with E-state index >= 15 is 0 Å². The molecular formula is C21H16O6. The van der Waals surface area contributed by atoms with E-state index in [0.717, 1.165) is 5.39 Å². The van der Waals surface area contributed by atoms with E-state index < -0.39 is 17.7 Å². The van der Waals surface area contributed by atoms with Gasteiger partial charge in [-0.25, -0.2) is 9.59 Å². The summed E-state index contributed by atoms with van der Waals surface area (Å²) in [6, 6.07) is 14.2. The predicted molar refractivity (Wildman–Crippen MR) is 98.2 cm³/mol. The van der Waals surface area contributed by atoms with E-state index in [-0.39, 0.29) is 28.0 Å². The highest BCUT2D eigenvalue weighted by Gasteiger charge is 2.20. The molecule has 0 aliphatic carbocycles. The number of phenolic OH excluding ortho intramolecular Hbond substituents is 1. The summed E-state index contributed by atoms with van der Waals surface area (Å²) in [7, 11) is 2.40. The Morgan fingerprint density at radius 2 is 1.33 bits per heavy atom. The van der Waals surface area contributed by atoms with Crippen LogP contribution in [0.25, 0.3) is 10.8 Å². The summed E-state index contributed by atoms with van der Waals surface area (Å²) in [5, 5.41) is 11.8. The van der Waals surface area contributed by atoms with Gasteiger partial charge in [0.15, 0.2) is 5.78 Å². The fraction of sp³-hybridized carbons (Fsp3) is 0.0952. The van der Waals surface area contributed by atoms with Gasteiger partial charge in [0.05, 0.1) is 30.9 Å². The Hall–Kier alpha value is -3.67. The summed E-state index contributed by atoms with van der Waals surface area (Å²) < 4.78 is 9.35. The lowest BCUT2D eigenvalue weighted by Crippen LogP contribution is -2.11. The number of carbonyl (C=O) groups excluding carboxylic acids is 3. The van der Waals surface area contributed by atoms with Gasteiger partial charge < -0.3 is 14.6 Å². The van der Waals surface area contributed by atoms with E-state index in [1.54, 1.807) is 18.2 Å². The molecule has 3 aromatic rings. The van der Waals surface area contributed by atoms with Crippen molar-refractivity contribution in [1.82, 2.24) is 0 Å². The van der Waals surface area contributed by atoms with Crippen molar-refractivity contribution in [3.63, 3.8) is 0 Å². The SMILES string of the molecule is COC(=O)c1cc(C(=O)OC)cc(C(=O)c2ccc3ccccc3c2O)c1. The van der Waals surface area contributed by atoms with E-state index in [4.69, 9.17) is 0 Å². The molecule has 0 atom stereocenters. The molecule has 0 saturated carbocycles. The zero-order valence-electron chi connectivity index (χ0n) is 14.7. The van der Waals surface area contributed by atoms with Crippen LogP contribution in [-0.4, -0.2) is 37.0 Å². The lowest BCUT2D eigenvalue weighted by Gasteiger charge is -2.10. The lowest BCUT2D eigenvalue weighted by atomic mass is 9.96. The maximum atomic E-state index is 13.0. The summed E-state index contributed by atoms with van der Waals surface area (Å²) >= 11 is 0. The second-order valence-corrected chi connectivity index (χ2v) is 5.79. The second kappa shape index (κ2) is 7.29. The van der Waals surface area contributed by atoms with E-state index in [2.05, 4.69) is 9.47 Å². The van der Waals surface area contributed by atoms with Gasteiger partial charge in [0.25, 0.3) is 0 Å². The van der Waals surface area contributed by atoms with Crippen LogP contribution in [0.4, 0.5) is 0 Å². The number of hydrogen-bond acceptors (Lipinski definition) is 6. The minimum Gasteiger partial charge on any atom is -0.507 e. The minimum absolute atomic E-state index is 0.0315. The number of ketones is 1. The fourth-order valence-corrected chi connectivity index (χ4v) is 2.82. The number of rotatable bonds is 4. The predicted octanol–water partition coefficient (Wildman–Crippen LogP) is 3.35. The molecule has 0 spiro atoms. The maximum absolute atomic E-state index is 13.0. The monoisotopic (exact) mass is 364 g/mol. The minimum atomic E-state index is -0.697. The molecule has 6 nitrogen and oxygen atoms in total. The number of benzene rings is 3. The van der Waals surface area contributed by atoms with Crippen molar-refractivity contribution in [3.8, 4) is 5.75 Å². The first-order valence-electron chi connectivity index (χ1n) is 8.03. The Morgan fingerprint density at radius 1 is 0.778 bits per heavy atom. The Balaban J connectivity index is 2.15. The van der Waals surface area contributed by atoms with Crippen LogP contribution in [0, 0.1) is 0 Å². The third kappa shape index (κ3) is 3.37. The van der Waals surface area contributed by atoms with Gasteiger partial charge in [0, 0.05) is 10.9 Å². The van der Waals surface area contributed by atoms with Gasteiger partial charge in [-0.15, -0.1) is 0 Å². The van der Waals surface area contributed by atoms with Crippen molar-refractivity contribution in [2.45, 2.75) is 0 Å². The number of hydrogen-bond donors (Lipinski definition) is 1. The number of ether oxygens (including phenoxy) is 2. The molecule has 0 aliphatic heterocycles. The zero-order valence-corrected chi connectivity index (χ0v) is 14.7. The Kier molecular flexibility index (Phi) is 4.90. The number of fused-ring (bicyclic) bond motifs is 1. The van der Waals surface area contributed by atoms with Crippen LogP contribution in [0.3, 0.4) is 0 Å². The third-order valence-electron chi connectivity index (χ3n) is 4.18. The van der Waals surface area contributed by atoms with Gasteiger partial charge in [-0.3, -0.25) is 4.79 Å². The molecule has 0 bridgehead atoms. The lowest BCUT2D eigenvalue weighted by molar-refractivity contribution is 0.0599. The summed E-state index contributed by atoms with van der Waals surface area (Å²) in [5.41, 5.74) is 0.184. The summed E-state index contributed by atoms with van der Waals surface area (Å²) in [6.07, 6.45) is 0. The van der Waals surface area contributed by atoms with E-state index in [9.17, 15) is 19.5 Å². The van der Waals surface area contributed by atoms with Crippen molar-refractivity contribution >= 4 is 28.5 Å². The molecule has 0 aliphatic rings. The van der Waals surface area contributed by atoms with E-state index in [0.29, 0.717) is 5.39 Å². The molecule has 0 aromatic heterocycles. The molecule has 0 unspecified atom stereocenters. The third-order valence-corrected chi connectivity index (χ3v) is 4.18. The molecule has 0 amide bonds. The van der Waals surface area contributed by atoms with Crippen LogP contribution in [0.15, 0.2) is 54.6 Å². The molecule has 0 heterocycles. The Labute approximate surface area is 155 Å². The topological polar surface area (TPSA) is 89.9 Å². The Bertz CT molecular complexity index is 1030. The molecule has 3 rings (SSSR count). The van der Waals surface area contributed by atoms with Gasteiger partial charge in [-0.2, -0.15) is 0 Å². The first kappa shape index (κ1) is 18.1. The fourth-order valence-electron chi connectivity index (χ4n) is 2.82. The van der Waals surface area contributed by atoms with Crippen LogP contribution in [-0.2, 0) is 9.47 Å². The van der Waals surface area contributed by atoms with Crippen molar-refractivity contribution in [3.05, 3.63) is 76.9 Å². The highest BCUT2D eigenvalue weighted by atomic mass is 16.5. The van der Waals surface area contributed by atoms with E-state index in [1.165, 1.54) is 38.5 Å². The number of methoxy groups -OCH3 is 2. The average Bonchev–Trinajstić information content (AvgIpc) is 2.72. The van der Waals surface area contributed by atoms with Gasteiger partial charge in [-0.05, 0) is 29.7 Å². The molecule has 6 heteroatoms. The van der Waals surface area contributed by atoms with E-state index in [1.807, 2.05) is 12.1 Å².